The van der Waals surface area contributed by atoms with Crippen molar-refractivity contribution in [3.8, 4) is 0 Å². The fourth-order valence-corrected chi connectivity index (χ4v) is 3.82. The second-order valence-corrected chi connectivity index (χ2v) is 8.82. The number of benzene rings is 1. The highest BCUT2D eigenvalue weighted by Gasteiger charge is 2.67. The lowest BCUT2D eigenvalue weighted by Crippen LogP contribution is -2.52. The van der Waals surface area contributed by atoms with Crippen LogP contribution in [-0.2, 0) is 39.9 Å². The van der Waals surface area contributed by atoms with Gasteiger partial charge in [0.25, 0.3) is 10.1 Å². The molecule has 4 atom stereocenters. The van der Waals surface area contributed by atoms with Crippen LogP contribution in [0, 0.1) is 0 Å². The van der Waals surface area contributed by atoms with Gasteiger partial charge >= 0.3 is 0 Å². The topological polar surface area (TPSA) is 129 Å². The van der Waals surface area contributed by atoms with Crippen LogP contribution < -0.4 is 0 Å². The van der Waals surface area contributed by atoms with Gasteiger partial charge in [-0.3, -0.25) is 4.18 Å². The van der Waals surface area contributed by atoms with E-state index in [1.54, 1.807) is 13.8 Å². The van der Waals surface area contributed by atoms with E-state index in [9.17, 15) is 8.42 Å². The minimum absolute atomic E-state index is 0.0214. The summed E-state index contributed by atoms with van der Waals surface area (Å²) in [7, 11) is -3.75. The molecular weight excluding hydrogens is 390 g/mol. The Morgan fingerprint density at radius 3 is 2.64 bits per heavy atom. The summed E-state index contributed by atoms with van der Waals surface area (Å²) >= 11 is 0. The van der Waals surface area contributed by atoms with Crippen LogP contribution in [0.2, 0.25) is 0 Å². The Morgan fingerprint density at radius 1 is 1.29 bits per heavy atom. The number of fused-ring (bicyclic) bond motifs is 1. The highest BCUT2D eigenvalue weighted by atomic mass is 32.2. The summed E-state index contributed by atoms with van der Waals surface area (Å²) in [5, 5.41) is 3.56. The van der Waals surface area contributed by atoms with Gasteiger partial charge in [0.2, 0.25) is 0 Å². The second kappa shape index (κ2) is 7.96. The van der Waals surface area contributed by atoms with Crippen LogP contribution in [0.25, 0.3) is 10.4 Å². The average molecular weight is 413 g/mol. The molecule has 0 aromatic heterocycles. The van der Waals surface area contributed by atoms with Crippen molar-refractivity contribution in [2.24, 2.45) is 5.11 Å². The Hall–Kier alpha value is -1.72. The Labute approximate surface area is 163 Å². The highest BCUT2D eigenvalue weighted by molar-refractivity contribution is 7.85. The molecule has 154 valence electrons. The largest absolute Gasteiger partial charge is 0.345 e. The zero-order valence-electron chi connectivity index (χ0n) is 15.8. The molecule has 28 heavy (non-hydrogen) atoms. The van der Waals surface area contributed by atoms with E-state index in [4.69, 9.17) is 28.7 Å². The predicted octanol–water partition coefficient (Wildman–Crippen LogP) is 2.10. The van der Waals surface area contributed by atoms with Gasteiger partial charge in [-0.15, -0.1) is 0 Å². The summed E-state index contributed by atoms with van der Waals surface area (Å²) in [6.45, 7) is 3.23. The number of rotatable bonds is 8. The number of azide groups is 1. The van der Waals surface area contributed by atoms with E-state index in [2.05, 4.69) is 10.0 Å². The lowest BCUT2D eigenvalue weighted by atomic mass is 9.96. The molecule has 0 spiro atoms. The van der Waals surface area contributed by atoms with Crippen LogP contribution >= 0.6 is 0 Å². The fourth-order valence-electron chi connectivity index (χ4n) is 3.42. The zero-order valence-corrected chi connectivity index (χ0v) is 16.7. The Balaban J connectivity index is 1.88. The van der Waals surface area contributed by atoms with Gasteiger partial charge in [-0.2, -0.15) is 8.42 Å². The van der Waals surface area contributed by atoms with Crippen LogP contribution in [0.5, 0.6) is 0 Å². The molecule has 2 heterocycles. The summed E-state index contributed by atoms with van der Waals surface area (Å²) < 4.78 is 52.1. The molecular formula is C17H23N3O7S. The smallest absolute Gasteiger partial charge is 0.264 e. The summed E-state index contributed by atoms with van der Waals surface area (Å²) in [4.78, 5) is 2.76. The van der Waals surface area contributed by atoms with Crippen LogP contribution in [0.4, 0.5) is 0 Å². The lowest BCUT2D eigenvalue weighted by Gasteiger charge is -2.32. The third-order valence-corrected chi connectivity index (χ3v) is 4.98. The molecule has 10 nitrogen and oxygen atoms in total. The minimum Gasteiger partial charge on any atom is -0.345 e. The van der Waals surface area contributed by atoms with E-state index >= 15 is 0 Å². The van der Waals surface area contributed by atoms with Gasteiger partial charge in [0.15, 0.2) is 17.7 Å². The number of nitrogens with zero attached hydrogens (tertiary/aromatic N) is 3. The molecule has 0 unspecified atom stereocenters. The molecule has 0 aliphatic carbocycles. The summed E-state index contributed by atoms with van der Waals surface area (Å²) in [6, 6.07) is 9.42. The van der Waals surface area contributed by atoms with Gasteiger partial charge in [0.1, 0.15) is 12.7 Å². The molecule has 1 aromatic carbocycles. The normalized spacial score (nSPS) is 31.3. The molecule has 3 rings (SSSR count). The van der Waals surface area contributed by atoms with Crippen molar-refractivity contribution in [3.63, 3.8) is 0 Å². The molecule has 0 amide bonds. The van der Waals surface area contributed by atoms with Gasteiger partial charge in [-0.1, -0.05) is 35.4 Å². The maximum atomic E-state index is 11.6. The molecule has 2 aliphatic rings. The Kier molecular flexibility index (Phi) is 5.97. The molecule has 2 saturated heterocycles. The van der Waals surface area contributed by atoms with E-state index in [0.29, 0.717) is 0 Å². The molecule has 2 aliphatic heterocycles. The zero-order chi connectivity index (χ0) is 20.4. The molecule has 0 bridgehead atoms. The number of hydrogen-bond donors (Lipinski definition) is 0. The van der Waals surface area contributed by atoms with Crippen molar-refractivity contribution in [3.05, 3.63) is 46.3 Å². The molecule has 0 saturated carbocycles. The quantitative estimate of drug-likeness (QED) is 0.276. The first-order chi connectivity index (χ1) is 13.2. The van der Waals surface area contributed by atoms with Gasteiger partial charge in [-0.05, 0) is 24.9 Å². The maximum Gasteiger partial charge on any atom is 0.264 e. The molecule has 1 aromatic rings. The first-order valence-corrected chi connectivity index (χ1v) is 10.5. The molecule has 0 radical (unpaired) electrons. The fraction of sp³-hybridized carbons (Fsp3) is 0.647. The molecule has 11 heteroatoms. The van der Waals surface area contributed by atoms with Gasteiger partial charge < -0.3 is 18.9 Å². The third kappa shape index (κ3) is 4.64. The van der Waals surface area contributed by atoms with Crippen molar-refractivity contribution < 1.29 is 31.5 Å². The number of hydrogen-bond acceptors (Lipinski definition) is 8. The standard InChI is InChI=1S/C17H23N3O7S/c1-16(2)26-14-13(9-19-20-18)25-15(23-10-12-7-5-4-6-8-12)17(14,27-16)11-24-28(3,21)22/h4-8,13-15H,9-11H2,1-3H3/t13-,14-,15-,17-/m1/s1. The van der Waals surface area contributed by atoms with Crippen LogP contribution in [0.1, 0.15) is 19.4 Å². The van der Waals surface area contributed by atoms with Crippen molar-refractivity contribution in [2.75, 3.05) is 19.4 Å². The minimum atomic E-state index is -3.75. The van der Waals surface area contributed by atoms with E-state index in [-0.39, 0.29) is 19.8 Å². The van der Waals surface area contributed by atoms with Crippen LogP contribution in [0.15, 0.2) is 35.4 Å². The van der Waals surface area contributed by atoms with Gasteiger partial charge in [-0.25, -0.2) is 0 Å². The van der Waals surface area contributed by atoms with Crippen LogP contribution in [-0.4, -0.2) is 57.7 Å². The van der Waals surface area contributed by atoms with Gasteiger partial charge in [0.05, 0.1) is 25.5 Å². The van der Waals surface area contributed by atoms with Crippen LogP contribution in [0.3, 0.4) is 0 Å². The number of ether oxygens (including phenoxy) is 4. The summed E-state index contributed by atoms with van der Waals surface area (Å²) in [5.74, 6) is -1.03. The Bertz CT molecular complexity index is 842. The molecule has 2 fully saturated rings. The maximum absolute atomic E-state index is 11.6. The van der Waals surface area contributed by atoms with Crippen molar-refractivity contribution >= 4 is 10.1 Å². The predicted molar refractivity (Wildman–Crippen MR) is 97.5 cm³/mol. The Morgan fingerprint density at radius 2 is 2.00 bits per heavy atom. The monoisotopic (exact) mass is 413 g/mol. The SMILES string of the molecule is CC1(C)O[C@@H]2[C@@H](CN=[N+]=[N-])O[C@@H](OCc3ccccc3)[C@]2(COS(C)(=O)=O)O1. The first kappa shape index (κ1) is 21.0. The van der Waals surface area contributed by atoms with E-state index in [0.717, 1.165) is 11.8 Å². The van der Waals surface area contributed by atoms with Gasteiger partial charge in [0, 0.05) is 4.91 Å². The lowest BCUT2D eigenvalue weighted by molar-refractivity contribution is -0.266. The highest BCUT2D eigenvalue weighted by Crippen LogP contribution is 2.48. The van der Waals surface area contributed by atoms with Crippen molar-refractivity contribution in [2.45, 2.75) is 50.3 Å². The van der Waals surface area contributed by atoms with E-state index in [1.165, 1.54) is 0 Å². The van der Waals surface area contributed by atoms with Crippen molar-refractivity contribution in [1.29, 1.82) is 0 Å². The van der Waals surface area contributed by atoms with E-state index < -0.39 is 40.0 Å². The third-order valence-electron chi connectivity index (χ3n) is 4.43. The first-order valence-electron chi connectivity index (χ1n) is 8.69. The van der Waals surface area contributed by atoms with Crippen molar-refractivity contribution in [1.82, 2.24) is 0 Å². The second-order valence-electron chi connectivity index (χ2n) is 7.18. The average Bonchev–Trinajstić information content (AvgIpc) is 3.05. The van der Waals surface area contributed by atoms with E-state index in [1.807, 2.05) is 30.3 Å². The molecule has 0 N–H and O–H groups in total. The summed E-state index contributed by atoms with van der Waals surface area (Å²) in [5.41, 5.74) is 8.22. The summed E-state index contributed by atoms with van der Waals surface area (Å²) in [6.07, 6.45) is -1.45.